The summed E-state index contributed by atoms with van der Waals surface area (Å²) in [6.07, 6.45) is 2.46. The van der Waals surface area contributed by atoms with Gasteiger partial charge in [0.05, 0.1) is 0 Å². The summed E-state index contributed by atoms with van der Waals surface area (Å²) >= 11 is 1.41. The van der Waals surface area contributed by atoms with Gasteiger partial charge in [0, 0.05) is 19.7 Å². The van der Waals surface area contributed by atoms with Gasteiger partial charge in [0.25, 0.3) is 5.91 Å². The van der Waals surface area contributed by atoms with Crippen molar-refractivity contribution in [1.29, 1.82) is 0 Å². The first-order chi connectivity index (χ1) is 8.56. The molecule has 2 rings (SSSR count). The van der Waals surface area contributed by atoms with Crippen LogP contribution >= 0.6 is 11.3 Å². The highest BCUT2D eigenvalue weighted by molar-refractivity contribution is 7.15. The first-order valence-electron chi connectivity index (χ1n) is 5.68. The monoisotopic (exact) mass is 265 g/mol. The molecule has 2 aromatic rings. The molecule has 0 aliphatic rings. The van der Waals surface area contributed by atoms with Crippen LogP contribution in [0.25, 0.3) is 0 Å². The molecule has 0 spiro atoms. The van der Waals surface area contributed by atoms with Crippen molar-refractivity contribution in [2.75, 3.05) is 5.32 Å². The van der Waals surface area contributed by atoms with Crippen LogP contribution in [0.2, 0.25) is 0 Å². The third kappa shape index (κ3) is 2.92. The van der Waals surface area contributed by atoms with Gasteiger partial charge in [0.2, 0.25) is 5.13 Å². The van der Waals surface area contributed by atoms with Gasteiger partial charge in [-0.15, -0.1) is 10.2 Å². The SMILES string of the molecule is CC(C)Cc1nnc(NC(=O)c2ccnn2C)s1. The molecule has 7 heteroatoms. The van der Waals surface area contributed by atoms with E-state index in [0.717, 1.165) is 11.4 Å². The number of anilines is 1. The van der Waals surface area contributed by atoms with E-state index in [-0.39, 0.29) is 5.91 Å². The predicted molar refractivity (Wildman–Crippen MR) is 69.6 cm³/mol. The van der Waals surface area contributed by atoms with Crippen LogP contribution in [0, 0.1) is 5.92 Å². The van der Waals surface area contributed by atoms with Gasteiger partial charge in [0.15, 0.2) is 0 Å². The highest BCUT2D eigenvalue weighted by atomic mass is 32.1. The number of carbonyl (C=O) groups excluding carboxylic acids is 1. The van der Waals surface area contributed by atoms with Crippen molar-refractivity contribution >= 4 is 22.4 Å². The molecule has 0 bridgehead atoms. The fraction of sp³-hybridized carbons (Fsp3) is 0.455. The van der Waals surface area contributed by atoms with Crippen molar-refractivity contribution in [3.05, 3.63) is 23.0 Å². The number of hydrogen-bond acceptors (Lipinski definition) is 5. The molecular formula is C11H15N5OS. The normalized spacial score (nSPS) is 10.9. The topological polar surface area (TPSA) is 72.7 Å². The quantitative estimate of drug-likeness (QED) is 0.913. The molecular weight excluding hydrogens is 250 g/mol. The average Bonchev–Trinajstić information content (AvgIpc) is 2.87. The zero-order chi connectivity index (χ0) is 13.1. The van der Waals surface area contributed by atoms with Gasteiger partial charge in [-0.2, -0.15) is 5.10 Å². The van der Waals surface area contributed by atoms with E-state index in [4.69, 9.17) is 0 Å². The van der Waals surface area contributed by atoms with Crippen LogP contribution < -0.4 is 5.32 Å². The number of aromatic nitrogens is 4. The maximum atomic E-state index is 11.9. The highest BCUT2D eigenvalue weighted by Crippen LogP contribution is 2.18. The van der Waals surface area contributed by atoms with Crippen LogP contribution in [0.1, 0.15) is 29.3 Å². The van der Waals surface area contributed by atoms with Crippen LogP contribution in [0.3, 0.4) is 0 Å². The Kier molecular flexibility index (Phi) is 3.71. The second-order valence-electron chi connectivity index (χ2n) is 4.39. The molecule has 0 fully saturated rings. The van der Waals surface area contributed by atoms with E-state index < -0.39 is 0 Å². The smallest absolute Gasteiger partial charge is 0.275 e. The molecule has 18 heavy (non-hydrogen) atoms. The Bertz CT molecular complexity index is 545. The van der Waals surface area contributed by atoms with E-state index in [9.17, 15) is 4.79 Å². The molecule has 0 atom stereocenters. The zero-order valence-electron chi connectivity index (χ0n) is 10.5. The molecule has 2 heterocycles. The molecule has 0 radical (unpaired) electrons. The summed E-state index contributed by atoms with van der Waals surface area (Å²) in [5.41, 5.74) is 0.496. The third-order valence-corrected chi connectivity index (χ3v) is 3.18. The Balaban J connectivity index is 2.04. The van der Waals surface area contributed by atoms with Crippen LogP contribution in [0.5, 0.6) is 0 Å². The van der Waals surface area contributed by atoms with Gasteiger partial charge in [-0.1, -0.05) is 25.2 Å². The van der Waals surface area contributed by atoms with Gasteiger partial charge >= 0.3 is 0 Å². The first kappa shape index (κ1) is 12.7. The summed E-state index contributed by atoms with van der Waals surface area (Å²) in [6, 6.07) is 1.66. The van der Waals surface area contributed by atoms with Crippen LogP contribution in [-0.4, -0.2) is 25.9 Å². The van der Waals surface area contributed by atoms with E-state index >= 15 is 0 Å². The van der Waals surface area contributed by atoms with E-state index in [1.807, 2.05) is 0 Å². The summed E-state index contributed by atoms with van der Waals surface area (Å²) in [7, 11) is 1.72. The minimum absolute atomic E-state index is 0.220. The Labute approximate surface area is 109 Å². The summed E-state index contributed by atoms with van der Waals surface area (Å²) < 4.78 is 1.52. The Morgan fingerprint density at radius 1 is 1.50 bits per heavy atom. The van der Waals surface area contributed by atoms with Crippen molar-refractivity contribution in [2.24, 2.45) is 13.0 Å². The van der Waals surface area contributed by atoms with Gasteiger partial charge in [0.1, 0.15) is 10.7 Å². The molecule has 0 aliphatic heterocycles. The first-order valence-corrected chi connectivity index (χ1v) is 6.49. The van der Waals surface area contributed by atoms with E-state index in [1.54, 1.807) is 19.3 Å². The molecule has 96 valence electrons. The molecule has 0 saturated heterocycles. The lowest BCUT2D eigenvalue weighted by Crippen LogP contribution is -2.15. The van der Waals surface area contributed by atoms with Gasteiger partial charge in [-0.3, -0.25) is 14.8 Å². The summed E-state index contributed by atoms with van der Waals surface area (Å²) in [5, 5.41) is 16.1. The Morgan fingerprint density at radius 2 is 2.28 bits per heavy atom. The van der Waals surface area contributed by atoms with Crippen LogP contribution in [0.15, 0.2) is 12.3 Å². The van der Waals surface area contributed by atoms with E-state index in [2.05, 4.69) is 34.5 Å². The fourth-order valence-corrected chi connectivity index (χ4v) is 2.44. The summed E-state index contributed by atoms with van der Waals surface area (Å²) in [4.78, 5) is 11.9. The predicted octanol–water partition coefficient (Wildman–Crippen LogP) is 1.72. The number of rotatable bonds is 4. The highest BCUT2D eigenvalue weighted by Gasteiger charge is 2.13. The lowest BCUT2D eigenvalue weighted by Gasteiger charge is -2.00. The second kappa shape index (κ2) is 5.26. The molecule has 6 nitrogen and oxygen atoms in total. The van der Waals surface area contributed by atoms with E-state index in [0.29, 0.717) is 16.7 Å². The largest absolute Gasteiger partial charge is 0.295 e. The van der Waals surface area contributed by atoms with Crippen molar-refractivity contribution in [3.8, 4) is 0 Å². The summed E-state index contributed by atoms with van der Waals surface area (Å²) in [6.45, 7) is 4.24. The van der Waals surface area contributed by atoms with Crippen molar-refractivity contribution < 1.29 is 4.79 Å². The molecule has 2 aromatic heterocycles. The number of aryl methyl sites for hydroxylation is 1. The molecule has 1 amide bonds. The third-order valence-electron chi connectivity index (χ3n) is 2.32. The molecule has 0 aliphatic carbocycles. The van der Waals surface area contributed by atoms with Crippen molar-refractivity contribution in [3.63, 3.8) is 0 Å². The van der Waals surface area contributed by atoms with Crippen molar-refractivity contribution in [2.45, 2.75) is 20.3 Å². The second-order valence-corrected chi connectivity index (χ2v) is 5.46. The van der Waals surface area contributed by atoms with E-state index in [1.165, 1.54) is 16.0 Å². The lowest BCUT2D eigenvalue weighted by molar-refractivity contribution is 0.101. The number of hydrogen-bond donors (Lipinski definition) is 1. The maximum Gasteiger partial charge on any atom is 0.275 e. The van der Waals surface area contributed by atoms with Gasteiger partial charge < -0.3 is 0 Å². The standard InChI is InChI=1S/C11H15N5OS/c1-7(2)6-9-14-15-11(18-9)13-10(17)8-4-5-12-16(8)3/h4-5,7H,6H2,1-3H3,(H,13,15,17). The number of amides is 1. The Hall–Kier alpha value is -1.76. The molecule has 0 saturated carbocycles. The van der Waals surface area contributed by atoms with Crippen LogP contribution in [-0.2, 0) is 13.5 Å². The minimum Gasteiger partial charge on any atom is -0.295 e. The van der Waals surface area contributed by atoms with Gasteiger partial charge in [-0.05, 0) is 12.0 Å². The number of carbonyl (C=O) groups is 1. The van der Waals surface area contributed by atoms with Crippen LogP contribution in [0.4, 0.5) is 5.13 Å². The fourth-order valence-electron chi connectivity index (χ4n) is 1.49. The lowest BCUT2D eigenvalue weighted by atomic mass is 10.1. The molecule has 1 N–H and O–H groups in total. The summed E-state index contributed by atoms with van der Waals surface area (Å²) in [5.74, 6) is 0.306. The Morgan fingerprint density at radius 3 is 2.89 bits per heavy atom. The molecule has 0 unspecified atom stereocenters. The number of nitrogens with one attached hydrogen (secondary N) is 1. The number of nitrogens with zero attached hydrogens (tertiary/aromatic N) is 4. The van der Waals surface area contributed by atoms with Crippen molar-refractivity contribution in [1.82, 2.24) is 20.0 Å². The molecule has 0 aromatic carbocycles. The maximum absolute atomic E-state index is 11.9. The minimum atomic E-state index is -0.220. The van der Waals surface area contributed by atoms with Gasteiger partial charge in [-0.25, -0.2) is 0 Å². The average molecular weight is 265 g/mol. The zero-order valence-corrected chi connectivity index (χ0v) is 11.4.